The van der Waals surface area contributed by atoms with Crippen molar-refractivity contribution in [2.24, 2.45) is 0 Å². The smallest absolute Gasteiger partial charge is 0.342 e. The van der Waals surface area contributed by atoms with E-state index in [0.717, 1.165) is 6.07 Å². The van der Waals surface area contributed by atoms with Gasteiger partial charge in [-0.1, -0.05) is 24.3 Å². The highest BCUT2D eigenvalue weighted by Crippen LogP contribution is 2.35. The molecule has 3 aromatic rings. The number of hydrogen-bond donors (Lipinski definition) is 3. The van der Waals surface area contributed by atoms with Crippen LogP contribution in [0, 0.1) is 0 Å². The average molecular weight is 381 g/mol. The Labute approximate surface area is 161 Å². The third kappa shape index (κ3) is 3.83. The molecule has 0 aliphatic rings. The Morgan fingerprint density at radius 2 is 1.64 bits per heavy atom. The second-order valence-corrected chi connectivity index (χ2v) is 6.10. The van der Waals surface area contributed by atoms with Gasteiger partial charge >= 0.3 is 5.97 Å². The predicted octanol–water partition coefficient (Wildman–Crippen LogP) is 3.44. The fraction of sp³-hybridized carbons (Fsp3) is 0.143. The van der Waals surface area contributed by atoms with E-state index in [-0.39, 0.29) is 17.1 Å². The molecule has 7 nitrogen and oxygen atoms in total. The number of ether oxygens (including phenoxy) is 2. The average Bonchev–Trinajstić information content (AvgIpc) is 2.71. The third-order valence-corrected chi connectivity index (χ3v) is 4.22. The topological polar surface area (TPSA) is 105 Å². The van der Waals surface area contributed by atoms with Gasteiger partial charge in [-0.05, 0) is 37.3 Å². The quantitative estimate of drug-likeness (QED) is 0.462. The minimum absolute atomic E-state index is 0.171. The van der Waals surface area contributed by atoms with Crippen molar-refractivity contribution in [1.82, 2.24) is 0 Å². The summed E-state index contributed by atoms with van der Waals surface area (Å²) in [4.78, 5) is 24.7. The first-order valence-electron chi connectivity index (χ1n) is 8.50. The molecular weight excluding hydrogens is 362 g/mol. The molecule has 0 heterocycles. The molecule has 1 atom stereocenters. The number of methoxy groups -OCH3 is 1. The van der Waals surface area contributed by atoms with Gasteiger partial charge in [0, 0.05) is 16.5 Å². The maximum absolute atomic E-state index is 12.4. The molecule has 3 rings (SSSR count). The minimum atomic E-state index is -1.12. The highest BCUT2D eigenvalue weighted by molar-refractivity contribution is 6.04. The Kier molecular flexibility index (Phi) is 5.35. The van der Waals surface area contributed by atoms with Crippen LogP contribution in [0.1, 0.15) is 17.3 Å². The van der Waals surface area contributed by atoms with Gasteiger partial charge < -0.3 is 25.0 Å². The highest BCUT2D eigenvalue weighted by Gasteiger charge is 2.23. The lowest BCUT2D eigenvalue weighted by Crippen LogP contribution is -2.30. The number of esters is 1. The SMILES string of the molecule is COc1ccc(NC(=O)[C@H](C)OC(=O)c2cc(O)c3ccccc3c2O)cc1. The van der Waals surface area contributed by atoms with Crippen molar-refractivity contribution in [3.05, 3.63) is 60.2 Å². The number of aromatic hydroxyl groups is 2. The Balaban J connectivity index is 1.74. The van der Waals surface area contributed by atoms with Crippen LogP contribution in [0.3, 0.4) is 0 Å². The van der Waals surface area contributed by atoms with Gasteiger partial charge in [0.15, 0.2) is 6.10 Å². The van der Waals surface area contributed by atoms with Crippen molar-refractivity contribution < 1.29 is 29.3 Å². The van der Waals surface area contributed by atoms with Gasteiger partial charge in [-0.2, -0.15) is 0 Å². The molecule has 3 N–H and O–H groups in total. The molecular formula is C21H19NO6. The van der Waals surface area contributed by atoms with E-state index in [9.17, 15) is 19.8 Å². The van der Waals surface area contributed by atoms with Crippen molar-refractivity contribution >= 4 is 28.3 Å². The van der Waals surface area contributed by atoms with Crippen LogP contribution >= 0.6 is 0 Å². The lowest BCUT2D eigenvalue weighted by Gasteiger charge is -2.15. The second-order valence-electron chi connectivity index (χ2n) is 6.10. The number of carbonyl (C=O) groups excluding carboxylic acids is 2. The second kappa shape index (κ2) is 7.87. The first kappa shape index (κ1) is 19.0. The van der Waals surface area contributed by atoms with Crippen LogP contribution in [0.25, 0.3) is 10.8 Å². The van der Waals surface area contributed by atoms with Gasteiger partial charge in [0.25, 0.3) is 5.91 Å². The number of phenolic OH excluding ortho intramolecular Hbond substituents is 2. The van der Waals surface area contributed by atoms with Crippen molar-refractivity contribution in [3.63, 3.8) is 0 Å². The van der Waals surface area contributed by atoms with Crippen LogP contribution < -0.4 is 10.1 Å². The van der Waals surface area contributed by atoms with Gasteiger partial charge in [-0.25, -0.2) is 4.79 Å². The minimum Gasteiger partial charge on any atom is -0.507 e. The maximum atomic E-state index is 12.4. The van der Waals surface area contributed by atoms with Gasteiger partial charge in [0.2, 0.25) is 0 Å². The summed E-state index contributed by atoms with van der Waals surface area (Å²) in [6, 6.07) is 14.3. The van der Waals surface area contributed by atoms with Crippen LogP contribution in [-0.4, -0.2) is 35.3 Å². The monoisotopic (exact) mass is 381 g/mol. The molecule has 0 radical (unpaired) electrons. The van der Waals surface area contributed by atoms with Crippen molar-refractivity contribution in [1.29, 1.82) is 0 Å². The molecule has 28 heavy (non-hydrogen) atoms. The number of benzene rings is 3. The zero-order valence-corrected chi connectivity index (χ0v) is 15.3. The molecule has 0 aliphatic carbocycles. The van der Waals surface area contributed by atoms with E-state index in [0.29, 0.717) is 22.2 Å². The zero-order chi connectivity index (χ0) is 20.3. The molecule has 1 amide bonds. The van der Waals surface area contributed by atoms with Gasteiger partial charge in [-0.15, -0.1) is 0 Å². The van der Waals surface area contributed by atoms with Crippen LogP contribution in [0.2, 0.25) is 0 Å². The standard InChI is InChI=1S/C21H19NO6/c1-12(20(25)22-13-7-9-14(27-2)10-8-13)28-21(26)17-11-18(23)15-5-3-4-6-16(15)19(17)24/h3-12,23-24H,1-2H3,(H,22,25)/t12-/m0/s1. The van der Waals surface area contributed by atoms with Gasteiger partial charge in [-0.3, -0.25) is 4.79 Å². The fourth-order valence-corrected chi connectivity index (χ4v) is 2.69. The maximum Gasteiger partial charge on any atom is 0.342 e. The molecule has 0 fully saturated rings. The summed E-state index contributed by atoms with van der Waals surface area (Å²) >= 11 is 0. The summed E-state index contributed by atoms with van der Waals surface area (Å²) in [6.45, 7) is 1.41. The largest absolute Gasteiger partial charge is 0.507 e. The summed E-state index contributed by atoms with van der Waals surface area (Å²) < 4.78 is 10.2. The molecule has 0 aromatic heterocycles. The van der Waals surface area contributed by atoms with E-state index < -0.39 is 18.0 Å². The first-order chi connectivity index (χ1) is 13.4. The Hall–Kier alpha value is -3.74. The van der Waals surface area contributed by atoms with E-state index in [4.69, 9.17) is 9.47 Å². The molecule has 144 valence electrons. The predicted molar refractivity (Wildman–Crippen MR) is 104 cm³/mol. The summed E-state index contributed by atoms with van der Waals surface area (Å²) in [5, 5.41) is 23.8. The summed E-state index contributed by atoms with van der Waals surface area (Å²) in [5.41, 5.74) is 0.292. The number of nitrogens with one attached hydrogen (secondary N) is 1. The van der Waals surface area contributed by atoms with Crippen LogP contribution in [0.15, 0.2) is 54.6 Å². The van der Waals surface area contributed by atoms with Crippen molar-refractivity contribution in [3.8, 4) is 17.2 Å². The Morgan fingerprint density at radius 1 is 1.00 bits per heavy atom. The summed E-state index contributed by atoms with van der Waals surface area (Å²) in [5.74, 6) is -1.31. The molecule has 3 aromatic carbocycles. The lowest BCUT2D eigenvalue weighted by molar-refractivity contribution is -0.123. The van der Waals surface area contributed by atoms with E-state index in [2.05, 4.69) is 5.32 Å². The molecule has 0 spiro atoms. The van der Waals surface area contributed by atoms with Crippen LogP contribution in [-0.2, 0) is 9.53 Å². The Bertz CT molecular complexity index is 1030. The zero-order valence-electron chi connectivity index (χ0n) is 15.3. The van der Waals surface area contributed by atoms with E-state index in [1.807, 2.05) is 0 Å². The molecule has 0 bridgehead atoms. The number of rotatable bonds is 5. The molecule has 0 saturated carbocycles. The van der Waals surface area contributed by atoms with Gasteiger partial charge in [0.05, 0.1) is 7.11 Å². The molecule has 0 unspecified atom stereocenters. The molecule has 0 aliphatic heterocycles. The fourth-order valence-electron chi connectivity index (χ4n) is 2.69. The molecule has 0 saturated heterocycles. The lowest BCUT2D eigenvalue weighted by atomic mass is 10.0. The molecule has 7 heteroatoms. The number of hydrogen-bond acceptors (Lipinski definition) is 6. The number of amides is 1. The summed E-state index contributed by atoms with van der Waals surface area (Å²) in [6.07, 6.45) is -1.12. The van der Waals surface area contributed by atoms with E-state index >= 15 is 0 Å². The van der Waals surface area contributed by atoms with Crippen molar-refractivity contribution in [2.45, 2.75) is 13.0 Å². The van der Waals surface area contributed by atoms with Crippen molar-refractivity contribution in [2.75, 3.05) is 12.4 Å². The number of anilines is 1. The normalized spacial score (nSPS) is 11.6. The number of fused-ring (bicyclic) bond motifs is 1. The van der Waals surface area contributed by atoms with Crippen LogP contribution in [0.4, 0.5) is 5.69 Å². The highest BCUT2D eigenvalue weighted by atomic mass is 16.5. The van der Waals surface area contributed by atoms with Gasteiger partial charge in [0.1, 0.15) is 22.8 Å². The van der Waals surface area contributed by atoms with Crippen LogP contribution in [0.5, 0.6) is 17.2 Å². The van der Waals surface area contributed by atoms with E-state index in [1.54, 1.807) is 48.5 Å². The number of phenols is 2. The Morgan fingerprint density at radius 3 is 2.29 bits per heavy atom. The third-order valence-electron chi connectivity index (χ3n) is 4.22. The number of carbonyl (C=O) groups is 2. The first-order valence-corrected chi connectivity index (χ1v) is 8.50. The van der Waals surface area contributed by atoms with E-state index in [1.165, 1.54) is 14.0 Å². The summed E-state index contributed by atoms with van der Waals surface area (Å²) in [7, 11) is 1.54.